The molecule has 0 aliphatic carbocycles. The average molecular weight is 237 g/mol. The fourth-order valence-electron chi connectivity index (χ4n) is 0.557. The summed E-state index contributed by atoms with van der Waals surface area (Å²) in [6, 6.07) is 7.80. The number of benzene rings is 1. The van der Waals surface area contributed by atoms with Gasteiger partial charge in [0.05, 0.1) is 0 Å². The first kappa shape index (κ1) is 14.3. The molecule has 0 heterocycles. The minimum atomic E-state index is 0. The van der Waals surface area contributed by atoms with Crippen molar-refractivity contribution < 1.29 is 37.5 Å². The van der Waals surface area contributed by atoms with Crippen LogP contribution in [0.3, 0.4) is 0 Å². The number of carbonyl (C=O) groups is 1. The van der Waals surface area contributed by atoms with E-state index in [1.165, 1.54) is 6.92 Å². The van der Waals surface area contributed by atoms with Crippen molar-refractivity contribution >= 4 is 6.29 Å². The molecule has 0 aliphatic heterocycles. The van der Waals surface area contributed by atoms with Gasteiger partial charge in [-0.05, 0) is 6.92 Å². The maximum absolute atomic E-state index is 8.81. The molecule has 0 spiro atoms. The van der Waals surface area contributed by atoms with Crippen molar-refractivity contribution in [2.24, 2.45) is 0 Å². The Balaban J connectivity index is 0. The molecule has 1 aromatic rings. The largest absolute Gasteiger partial charge is 0.304 e. The van der Waals surface area contributed by atoms with Gasteiger partial charge in [-0.15, -0.1) is 12.1 Å². The molecule has 1 nitrogen and oxygen atoms in total. The first-order valence-corrected chi connectivity index (χ1v) is 3.35. The summed E-state index contributed by atoms with van der Waals surface area (Å²) >= 11 is 0. The van der Waals surface area contributed by atoms with Crippen molar-refractivity contribution in [1.29, 1.82) is 0 Å². The molecule has 0 bridgehead atoms. The first-order valence-electron chi connectivity index (χ1n) is 3.35. The van der Waals surface area contributed by atoms with Crippen LogP contribution >= 0.6 is 0 Å². The molecule has 0 fully saturated rings. The van der Waals surface area contributed by atoms with E-state index < -0.39 is 0 Å². The molecule has 1 radical (unpaired) electrons. The van der Waals surface area contributed by atoms with Gasteiger partial charge in [0.25, 0.3) is 0 Å². The Labute approximate surface area is 99.4 Å². The molecule has 0 N–H and O–H groups in total. The molecule has 1 rings (SSSR count). The number of hydrogen-bond donors (Lipinski definition) is 0. The van der Waals surface area contributed by atoms with E-state index in [4.69, 9.17) is 4.79 Å². The topological polar surface area (TPSA) is 17.1 Å². The molecule has 0 aliphatic rings. The second kappa shape index (κ2) is 8.83. The molecule has 1 aromatic carbocycles. The van der Waals surface area contributed by atoms with E-state index in [0.29, 0.717) is 0 Å². The van der Waals surface area contributed by atoms with Crippen LogP contribution in [0.15, 0.2) is 24.3 Å². The molecule has 0 aromatic heterocycles. The van der Waals surface area contributed by atoms with Crippen LogP contribution in [0.2, 0.25) is 0 Å². The summed E-state index contributed by atoms with van der Waals surface area (Å²) in [6.07, 6.45) is 0.750. The number of carbonyl (C=O) groups excluding carboxylic acids is 1. The van der Waals surface area contributed by atoms with Gasteiger partial charge >= 0.3 is 0 Å². The molecular formula is C10H12OY-2. The van der Waals surface area contributed by atoms with E-state index >= 15 is 0 Å². The van der Waals surface area contributed by atoms with Crippen LogP contribution in [-0.2, 0) is 37.5 Å². The molecule has 0 amide bonds. The van der Waals surface area contributed by atoms with Gasteiger partial charge < -0.3 is 4.79 Å². The third-order valence-corrected chi connectivity index (χ3v) is 1.12. The normalized spacial score (nSPS) is 7.08. The molecule has 0 saturated heterocycles. The zero-order chi connectivity index (χ0) is 8.69. The Morgan fingerprint density at radius 2 is 1.42 bits per heavy atom. The van der Waals surface area contributed by atoms with Crippen molar-refractivity contribution in [3.05, 3.63) is 49.2 Å². The van der Waals surface area contributed by atoms with Gasteiger partial charge in [-0.2, -0.15) is 0 Å². The smallest absolute Gasteiger partial charge is 0.116 e. The number of aldehydes is 1. The van der Waals surface area contributed by atoms with Crippen molar-refractivity contribution in [3.8, 4) is 0 Å². The zero-order valence-corrected chi connectivity index (χ0v) is 10.1. The zero-order valence-electron chi connectivity index (χ0n) is 7.29. The average Bonchev–Trinajstić information content (AvgIpc) is 1.97. The van der Waals surface area contributed by atoms with Crippen molar-refractivity contribution in [1.82, 2.24) is 0 Å². The summed E-state index contributed by atoms with van der Waals surface area (Å²) < 4.78 is 0. The van der Waals surface area contributed by atoms with Crippen molar-refractivity contribution in [3.63, 3.8) is 0 Å². The Hall–Kier alpha value is -0.266. The minimum Gasteiger partial charge on any atom is -0.304 e. The van der Waals surface area contributed by atoms with Gasteiger partial charge in [-0.3, -0.25) is 25.0 Å². The van der Waals surface area contributed by atoms with E-state index in [1.807, 2.05) is 24.3 Å². The monoisotopic (exact) mass is 237 g/mol. The van der Waals surface area contributed by atoms with Crippen molar-refractivity contribution in [2.75, 3.05) is 0 Å². The van der Waals surface area contributed by atoms with E-state index in [0.717, 1.165) is 17.4 Å². The summed E-state index contributed by atoms with van der Waals surface area (Å²) in [5.74, 6) is 0. The third kappa shape index (κ3) is 6.44. The van der Waals surface area contributed by atoms with Gasteiger partial charge in [-0.25, -0.2) is 12.1 Å². The van der Waals surface area contributed by atoms with E-state index in [2.05, 4.69) is 13.8 Å². The van der Waals surface area contributed by atoms with Gasteiger partial charge in [0.1, 0.15) is 6.29 Å². The third-order valence-electron chi connectivity index (χ3n) is 1.12. The predicted molar refractivity (Wildman–Crippen MR) is 47.1 cm³/mol. The fraction of sp³-hybridized carbons (Fsp3) is 0.100. The minimum absolute atomic E-state index is 0. The fourth-order valence-corrected chi connectivity index (χ4v) is 0.557. The predicted octanol–water partition coefficient (Wildman–Crippen LogP) is 2.25. The molecule has 0 atom stereocenters. The summed E-state index contributed by atoms with van der Waals surface area (Å²) in [5, 5.41) is 0. The summed E-state index contributed by atoms with van der Waals surface area (Å²) in [4.78, 5) is 8.81. The SMILES string of the molecule is CC=O.[CH2-]c1ccccc1[CH2-].[Y]. The van der Waals surface area contributed by atoms with E-state index in [-0.39, 0.29) is 32.7 Å². The van der Waals surface area contributed by atoms with Crippen molar-refractivity contribution in [2.45, 2.75) is 6.92 Å². The molecule has 0 saturated carbocycles. The molecule has 0 unspecified atom stereocenters. The van der Waals surface area contributed by atoms with Crippen LogP contribution in [0.25, 0.3) is 0 Å². The first-order chi connectivity index (χ1) is 5.22. The van der Waals surface area contributed by atoms with Gasteiger partial charge in [-0.1, -0.05) is 0 Å². The summed E-state index contributed by atoms with van der Waals surface area (Å²) in [5.41, 5.74) is 2.01. The Bertz CT molecular complexity index is 200. The summed E-state index contributed by atoms with van der Waals surface area (Å²) in [6.45, 7) is 8.96. The molecule has 12 heavy (non-hydrogen) atoms. The maximum Gasteiger partial charge on any atom is 0.116 e. The molecular weight excluding hydrogens is 225 g/mol. The Morgan fingerprint density at radius 3 is 1.58 bits per heavy atom. The summed E-state index contributed by atoms with van der Waals surface area (Å²) in [7, 11) is 0. The van der Waals surface area contributed by atoms with Crippen LogP contribution in [0, 0.1) is 13.8 Å². The number of hydrogen-bond acceptors (Lipinski definition) is 1. The Kier molecular flexibility index (Phi) is 10.5. The van der Waals surface area contributed by atoms with Gasteiger partial charge in [0, 0.05) is 32.7 Å². The Morgan fingerprint density at radius 1 is 1.17 bits per heavy atom. The van der Waals surface area contributed by atoms with Crippen LogP contribution in [0.5, 0.6) is 0 Å². The van der Waals surface area contributed by atoms with Gasteiger partial charge in [0.2, 0.25) is 0 Å². The van der Waals surface area contributed by atoms with Crippen LogP contribution in [0.4, 0.5) is 0 Å². The van der Waals surface area contributed by atoms with Gasteiger partial charge in [0.15, 0.2) is 0 Å². The molecule has 2 heteroatoms. The second-order valence-electron chi connectivity index (χ2n) is 2.00. The van der Waals surface area contributed by atoms with E-state index in [1.54, 1.807) is 0 Å². The standard InChI is InChI=1S/C8H8.C2H4O.Y/c1-7-5-3-4-6-8(7)2;1-2-3;/h3-6H,1-2H2;2H,1H3;/q-2;;. The second-order valence-corrected chi connectivity index (χ2v) is 2.00. The number of rotatable bonds is 0. The van der Waals surface area contributed by atoms with Crippen LogP contribution in [-0.4, -0.2) is 6.29 Å². The quantitative estimate of drug-likeness (QED) is 0.499. The molecule has 63 valence electrons. The van der Waals surface area contributed by atoms with Crippen LogP contribution < -0.4 is 0 Å². The maximum atomic E-state index is 8.81. The van der Waals surface area contributed by atoms with E-state index in [9.17, 15) is 0 Å². The van der Waals surface area contributed by atoms with Crippen LogP contribution in [0.1, 0.15) is 18.1 Å².